The molecule has 0 aromatic heterocycles. The van der Waals surface area contributed by atoms with Crippen LogP contribution in [0.4, 0.5) is 13.2 Å². The Kier molecular flexibility index (Phi) is 6.31. The van der Waals surface area contributed by atoms with Crippen molar-refractivity contribution < 1.29 is 33.2 Å². The molecule has 0 aliphatic rings. The molecule has 0 fully saturated rings. The number of alkyl halides is 3. The topological polar surface area (TPSA) is 69.9 Å². The molecule has 1 rings (SSSR count). The largest absolute Gasteiger partial charge is 0.573 e. The maximum Gasteiger partial charge on any atom is 0.573 e. The van der Waals surface area contributed by atoms with Crippen LogP contribution >= 0.6 is 0 Å². The van der Waals surface area contributed by atoms with E-state index in [2.05, 4.69) is 4.74 Å². The standard InChI is InChI=1S/C17H21F3O4/c1-5-6-9(2)7-10(3)13-11(4)14(22)12(8-21)16(15(13)23)24-17(18,19)20/h5-7,10,21-23H,8H2,1-4H3/b6-5-,9-7+. The first-order chi connectivity index (χ1) is 11.0. The van der Waals surface area contributed by atoms with E-state index in [1.807, 2.05) is 6.92 Å². The Hall–Kier alpha value is -2.15. The summed E-state index contributed by atoms with van der Waals surface area (Å²) in [5.74, 6) is -2.75. The Bertz CT molecular complexity index is 661. The Labute approximate surface area is 138 Å². The van der Waals surface area contributed by atoms with Crippen LogP contribution in [0.15, 0.2) is 23.8 Å². The molecule has 0 amide bonds. The molecule has 1 unspecified atom stereocenters. The third-order valence-corrected chi connectivity index (χ3v) is 3.56. The van der Waals surface area contributed by atoms with Crippen molar-refractivity contribution in [3.05, 3.63) is 40.5 Å². The van der Waals surface area contributed by atoms with Gasteiger partial charge in [-0.2, -0.15) is 0 Å². The summed E-state index contributed by atoms with van der Waals surface area (Å²) in [4.78, 5) is 0. The zero-order valence-electron chi connectivity index (χ0n) is 13.9. The van der Waals surface area contributed by atoms with E-state index in [0.29, 0.717) is 0 Å². The summed E-state index contributed by atoms with van der Waals surface area (Å²) in [6, 6.07) is 0. The van der Waals surface area contributed by atoms with Crippen molar-refractivity contribution in [1.29, 1.82) is 0 Å². The average Bonchev–Trinajstić information content (AvgIpc) is 2.44. The normalized spacial score (nSPS) is 14.2. The van der Waals surface area contributed by atoms with E-state index in [9.17, 15) is 28.5 Å². The number of rotatable bonds is 5. The maximum atomic E-state index is 12.6. The Morgan fingerprint density at radius 3 is 2.29 bits per heavy atom. The molecular weight excluding hydrogens is 325 g/mol. The second-order valence-corrected chi connectivity index (χ2v) is 5.45. The summed E-state index contributed by atoms with van der Waals surface area (Å²) in [5.41, 5.74) is 0.621. The number of ether oxygens (including phenoxy) is 1. The van der Waals surface area contributed by atoms with Gasteiger partial charge in [0.2, 0.25) is 0 Å². The zero-order chi connectivity index (χ0) is 18.7. The molecule has 134 valence electrons. The van der Waals surface area contributed by atoms with Gasteiger partial charge in [0.1, 0.15) is 5.75 Å². The van der Waals surface area contributed by atoms with Crippen LogP contribution in [-0.2, 0) is 6.61 Å². The first-order valence-corrected chi connectivity index (χ1v) is 7.28. The summed E-state index contributed by atoms with van der Waals surface area (Å²) in [6.45, 7) is 5.84. The molecule has 1 aromatic carbocycles. The summed E-state index contributed by atoms with van der Waals surface area (Å²) in [7, 11) is 0. The van der Waals surface area contributed by atoms with Gasteiger partial charge in [0, 0.05) is 11.5 Å². The monoisotopic (exact) mass is 346 g/mol. The molecule has 0 saturated carbocycles. The minimum absolute atomic E-state index is 0.104. The lowest BCUT2D eigenvalue weighted by atomic mass is 9.90. The van der Waals surface area contributed by atoms with Crippen molar-refractivity contribution in [3.8, 4) is 17.2 Å². The number of hydrogen-bond acceptors (Lipinski definition) is 4. The molecule has 1 atom stereocenters. The third-order valence-electron chi connectivity index (χ3n) is 3.56. The molecule has 7 heteroatoms. The fourth-order valence-corrected chi connectivity index (χ4v) is 2.63. The SMILES string of the molecule is C/C=C\C(C)=C\C(C)c1c(C)c(O)c(CO)c(OC(F)(F)F)c1O. The summed E-state index contributed by atoms with van der Waals surface area (Å²) < 4.78 is 41.6. The molecule has 4 nitrogen and oxygen atoms in total. The van der Waals surface area contributed by atoms with Crippen LogP contribution in [0, 0.1) is 6.92 Å². The number of benzene rings is 1. The van der Waals surface area contributed by atoms with Crippen LogP contribution in [0.1, 0.15) is 43.4 Å². The highest BCUT2D eigenvalue weighted by Crippen LogP contribution is 2.47. The van der Waals surface area contributed by atoms with E-state index in [-0.39, 0.29) is 11.1 Å². The minimum Gasteiger partial charge on any atom is -0.507 e. The molecule has 0 aliphatic heterocycles. The van der Waals surface area contributed by atoms with Gasteiger partial charge in [0.15, 0.2) is 11.5 Å². The molecule has 0 heterocycles. The van der Waals surface area contributed by atoms with Crippen LogP contribution < -0.4 is 4.74 Å². The Balaban J connectivity index is 3.59. The summed E-state index contributed by atoms with van der Waals surface area (Å²) >= 11 is 0. The summed E-state index contributed by atoms with van der Waals surface area (Å²) in [6.07, 6.45) is 0.269. The molecule has 1 aromatic rings. The van der Waals surface area contributed by atoms with Gasteiger partial charge in [0.05, 0.1) is 12.2 Å². The van der Waals surface area contributed by atoms with Crippen molar-refractivity contribution in [2.24, 2.45) is 0 Å². The quantitative estimate of drug-likeness (QED) is 0.545. The number of aliphatic hydroxyl groups is 1. The van der Waals surface area contributed by atoms with Gasteiger partial charge in [-0.1, -0.05) is 30.7 Å². The van der Waals surface area contributed by atoms with Crippen molar-refractivity contribution in [2.75, 3.05) is 0 Å². The predicted molar refractivity (Wildman–Crippen MR) is 84.1 cm³/mol. The molecule has 0 radical (unpaired) electrons. The van der Waals surface area contributed by atoms with Crippen LogP contribution in [0.2, 0.25) is 0 Å². The second-order valence-electron chi connectivity index (χ2n) is 5.45. The highest BCUT2D eigenvalue weighted by atomic mass is 19.4. The lowest BCUT2D eigenvalue weighted by Gasteiger charge is -2.22. The first kappa shape index (κ1) is 19.9. The predicted octanol–water partition coefficient (Wildman–Crippen LogP) is 4.42. The van der Waals surface area contributed by atoms with Crippen molar-refractivity contribution in [3.63, 3.8) is 0 Å². The molecule has 24 heavy (non-hydrogen) atoms. The van der Waals surface area contributed by atoms with Crippen LogP contribution in [0.5, 0.6) is 17.2 Å². The van der Waals surface area contributed by atoms with Gasteiger partial charge < -0.3 is 20.1 Å². The molecule has 0 aliphatic carbocycles. The van der Waals surface area contributed by atoms with E-state index in [1.54, 1.807) is 32.1 Å². The first-order valence-electron chi connectivity index (χ1n) is 7.28. The summed E-state index contributed by atoms with van der Waals surface area (Å²) in [5, 5.41) is 29.7. The van der Waals surface area contributed by atoms with Gasteiger partial charge in [-0.15, -0.1) is 13.2 Å². The van der Waals surface area contributed by atoms with E-state index in [0.717, 1.165) is 5.57 Å². The van der Waals surface area contributed by atoms with Gasteiger partial charge in [-0.25, -0.2) is 0 Å². The van der Waals surface area contributed by atoms with Crippen LogP contribution in [0.3, 0.4) is 0 Å². The highest BCUT2D eigenvalue weighted by molar-refractivity contribution is 5.63. The number of hydrogen-bond donors (Lipinski definition) is 3. The Morgan fingerprint density at radius 2 is 1.83 bits per heavy atom. The fourth-order valence-electron chi connectivity index (χ4n) is 2.63. The smallest absolute Gasteiger partial charge is 0.507 e. The van der Waals surface area contributed by atoms with Gasteiger partial charge in [-0.05, 0) is 26.3 Å². The van der Waals surface area contributed by atoms with Crippen molar-refractivity contribution >= 4 is 0 Å². The van der Waals surface area contributed by atoms with Crippen LogP contribution in [-0.4, -0.2) is 21.7 Å². The number of aromatic hydroxyl groups is 2. The second kappa shape index (κ2) is 7.61. The lowest BCUT2D eigenvalue weighted by molar-refractivity contribution is -0.275. The van der Waals surface area contributed by atoms with E-state index in [1.165, 1.54) is 6.92 Å². The van der Waals surface area contributed by atoms with Crippen LogP contribution in [0.25, 0.3) is 0 Å². The van der Waals surface area contributed by atoms with E-state index < -0.39 is 41.7 Å². The van der Waals surface area contributed by atoms with Crippen molar-refractivity contribution in [1.82, 2.24) is 0 Å². The molecule has 0 bridgehead atoms. The van der Waals surface area contributed by atoms with Crippen molar-refractivity contribution in [2.45, 2.75) is 46.6 Å². The van der Waals surface area contributed by atoms with Gasteiger partial charge in [0.25, 0.3) is 0 Å². The van der Waals surface area contributed by atoms with Gasteiger partial charge in [-0.3, -0.25) is 0 Å². The maximum absolute atomic E-state index is 12.6. The zero-order valence-corrected chi connectivity index (χ0v) is 13.9. The fraction of sp³-hybridized carbons (Fsp3) is 0.412. The Morgan fingerprint density at radius 1 is 1.25 bits per heavy atom. The lowest BCUT2D eigenvalue weighted by Crippen LogP contribution is -2.19. The molecule has 0 spiro atoms. The van der Waals surface area contributed by atoms with E-state index >= 15 is 0 Å². The number of halogens is 3. The average molecular weight is 346 g/mol. The third kappa shape index (κ3) is 4.44. The molecular formula is C17H21F3O4. The van der Waals surface area contributed by atoms with Gasteiger partial charge >= 0.3 is 6.36 Å². The number of phenols is 2. The number of phenolic OH excluding ortho intramolecular Hbond substituents is 1. The highest BCUT2D eigenvalue weighted by Gasteiger charge is 2.36. The molecule has 0 saturated heterocycles. The molecule has 3 N–H and O–H groups in total. The minimum atomic E-state index is -5.07. The van der Waals surface area contributed by atoms with E-state index in [4.69, 9.17) is 0 Å². The number of allylic oxidation sites excluding steroid dienone is 4. The number of aliphatic hydroxyl groups excluding tert-OH is 1.